The number of esters is 1. The van der Waals surface area contributed by atoms with E-state index in [1.807, 2.05) is 0 Å². The fraction of sp³-hybridized carbons (Fsp3) is 0.462. The van der Waals surface area contributed by atoms with E-state index < -0.39 is 5.97 Å². The van der Waals surface area contributed by atoms with Crippen molar-refractivity contribution in [1.82, 2.24) is 0 Å². The number of methoxy groups -OCH3 is 1. The standard InChI is InChI=1S/C13H17NO4/c1-18-12(17)8-5-9(11(16)6-10(8)15)13(7-14)3-2-4-13/h5-6,15-16H,2-4,7,14H2,1H3. The Bertz CT molecular complexity index is 475. The maximum atomic E-state index is 11.5. The number of hydrogen-bond donors (Lipinski definition) is 3. The first kappa shape index (κ1) is 12.7. The predicted molar refractivity (Wildman–Crippen MR) is 65.7 cm³/mol. The lowest BCUT2D eigenvalue weighted by Gasteiger charge is -2.41. The van der Waals surface area contributed by atoms with Gasteiger partial charge in [0.05, 0.1) is 7.11 Å². The maximum absolute atomic E-state index is 11.5. The van der Waals surface area contributed by atoms with Gasteiger partial charge in [0.25, 0.3) is 0 Å². The number of rotatable bonds is 3. The molecule has 1 aliphatic rings. The lowest BCUT2D eigenvalue weighted by atomic mass is 9.64. The minimum Gasteiger partial charge on any atom is -0.508 e. The van der Waals surface area contributed by atoms with Crippen molar-refractivity contribution in [3.8, 4) is 11.5 Å². The SMILES string of the molecule is COC(=O)c1cc(C2(CN)CCC2)c(O)cc1O. The third kappa shape index (κ3) is 1.80. The third-order valence-electron chi connectivity index (χ3n) is 3.79. The number of nitrogens with two attached hydrogens (primary N) is 1. The highest BCUT2D eigenvalue weighted by Crippen LogP contribution is 2.47. The van der Waals surface area contributed by atoms with E-state index in [4.69, 9.17) is 5.73 Å². The van der Waals surface area contributed by atoms with Crippen LogP contribution in [0.1, 0.15) is 35.2 Å². The molecular weight excluding hydrogens is 234 g/mol. The van der Waals surface area contributed by atoms with Gasteiger partial charge in [-0.05, 0) is 18.9 Å². The molecule has 1 aromatic carbocycles. The second-order valence-electron chi connectivity index (χ2n) is 4.72. The van der Waals surface area contributed by atoms with Crippen LogP contribution in [0, 0.1) is 0 Å². The van der Waals surface area contributed by atoms with Crippen molar-refractivity contribution >= 4 is 5.97 Å². The third-order valence-corrected chi connectivity index (χ3v) is 3.79. The molecule has 98 valence electrons. The Morgan fingerprint density at radius 1 is 1.39 bits per heavy atom. The van der Waals surface area contributed by atoms with Gasteiger partial charge in [-0.15, -0.1) is 0 Å². The molecule has 0 spiro atoms. The fourth-order valence-corrected chi connectivity index (χ4v) is 2.46. The number of aromatic hydroxyl groups is 2. The van der Waals surface area contributed by atoms with E-state index in [1.54, 1.807) is 0 Å². The van der Waals surface area contributed by atoms with Gasteiger partial charge in [0.2, 0.25) is 0 Å². The van der Waals surface area contributed by atoms with Crippen LogP contribution in [-0.2, 0) is 10.2 Å². The summed E-state index contributed by atoms with van der Waals surface area (Å²) in [7, 11) is 1.25. The minimum atomic E-state index is -0.625. The van der Waals surface area contributed by atoms with E-state index in [0.717, 1.165) is 19.3 Å². The molecule has 5 heteroatoms. The van der Waals surface area contributed by atoms with E-state index >= 15 is 0 Å². The van der Waals surface area contributed by atoms with Gasteiger partial charge in [-0.1, -0.05) is 6.42 Å². The molecule has 1 aromatic rings. The molecule has 0 bridgehead atoms. The largest absolute Gasteiger partial charge is 0.508 e. The van der Waals surface area contributed by atoms with Crippen LogP contribution in [0.25, 0.3) is 0 Å². The summed E-state index contributed by atoms with van der Waals surface area (Å²) in [6.45, 7) is 0.409. The summed E-state index contributed by atoms with van der Waals surface area (Å²) in [6, 6.07) is 2.67. The number of phenols is 2. The first-order chi connectivity index (χ1) is 8.54. The molecule has 0 heterocycles. The maximum Gasteiger partial charge on any atom is 0.341 e. The van der Waals surface area contributed by atoms with Crippen LogP contribution < -0.4 is 5.73 Å². The lowest BCUT2D eigenvalue weighted by Crippen LogP contribution is -2.41. The van der Waals surface area contributed by atoms with E-state index in [1.165, 1.54) is 19.2 Å². The number of carbonyl (C=O) groups excluding carboxylic acids is 1. The van der Waals surface area contributed by atoms with Crippen molar-refractivity contribution in [1.29, 1.82) is 0 Å². The highest BCUT2D eigenvalue weighted by Gasteiger charge is 2.40. The molecular formula is C13H17NO4. The smallest absolute Gasteiger partial charge is 0.341 e. The number of ether oxygens (including phenoxy) is 1. The Balaban J connectivity index is 2.51. The van der Waals surface area contributed by atoms with Gasteiger partial charge in [-0.3, -0.25) is 0 Å². The van der Waals surface area contributed by atoms with Crippen LogP contribution in [0.2, 0.25) is 0 Å². The lowest BCUT2D eigenvalue weighted by molar-refractivity contribution is 0.0597. The van der Waals surface area contributed by atoms with Gasteiger partial charge in [0.1, 0.15) is 17.1 Å². The molecule has 1 aliphatic carbocycles. The molecule has 18 heavy (non-hydrogen) atoms. The van der Waals surface area contributed by atoms with Crippen LogP contribution in [0.5, 0.6) is 11.5 Å². The Labute approximate surface area is 105 Å². The average molecular weight is 251 g/mol. The second-order valence-corrected chi connectivity index (χ2v) is 4.72. The van der Waals surface area contributed by atoms with Gasteiger partial charge in [-0.25, -0.2) is 4.79 Å². The van der Waals surface area contributed by atoms with Crippen molar-refractivity contribution in [2.75, 3.05) is 13.7 Å². The zero-order chi connectivity index (χ0) is 13.3. The zero-order valence-electron chi connectivity index (χ0n) is 10.3. The molecule has 0 aromatic heterocycles. The molecule has 2 rings (SSSR count). The minimum absolute atomic E-state index is 0.0229. The van der Waals surface area contributed by atoms with E-state index in [9.17, 15) is 15.0 Å². The predicted octanol–water partition coefficient (Wildman–Crippen LogP) is 1.26. The van der Waals surface area contributed by atoms with E-state index in [2.05, 4.69) is 4.74 Å². The number of hydrogen-bond acceptors (Lipinski definition) is 5. The van der Waals surface area contributed by atoms with Crippen molar-refractivity contribution < 1.29 is 19.7 Å². The van der Waals surface area contributed by atoms with Crippen molar-refractivity contribution in [3.63, 3.8) is 0 Å². The van der Waals surface area contributed by atoms with Gasteiger partial charge in [-0.2, -0.15) is 0 Å². The van der Waals surface area contributed by atoms with Gasteiger partial charge >= 0.3 is 5.97 Å². The highest BCUT2D eigenvalue weighted by molar-refractivity contribution is 5.93. The first-order valence-electron chi connectivity index (χ1n) is 5.89. The quantitative estimate of drug-likeness (QED) is 0.703. The van der Waals surface area contributed by atoms with Crippen LogP contribution in [0.4, 0.5) is 0 Å². The summed E-state index contributed by atoms with van der Waals surface area (Å²) in [5.74, 6) is -0.930. The van der Waals surface area contributed by atoms with Crippen LogP contribution in [-0.4, -0.2) is 29.8 Å². The summed E-state index contributed by atoms with van der Waals surface area (Å²) in [5, 5.41) is 19.6. The van der Waals surface area contributed by atoms with Gasteiger partial charge < -0.3 is 20.7 Å². The highest BCUT2D eigenvalue weighted by atomic mass is 16.5. The molecule has 0 radical (unpaired) electrons. The molecule has 0 unspecified atom stereocenters. The molecule has 1 fully saturated rings. The number of carbonyl (C=O) groups is 1. The first-order valence-corrected chi connectivity index (χ1v) is 5.89. The summed E-state index contributed by atoms with van der Waals surface area (Å²) >= 11 is 0. The van der Waals surface area contributed by atoms with Crippen molar-refractivity contribution in [2.24, 2.45) is 5.73 Å². The summed E-state index contributed by atoms with van der Waals surface area (Å²) < 4.78 is 4.60. The van der Waals surface area contributed by atoms with E-state index in [-0.39, 0.29) is 22.5 Å². The van der Waals surface area contributed by atoms with Crippen molar-refractivity contribution in [3.05, 3.63) is 23.3 Å². The number of phenolic OH excluding ortho intramolecular Hbond substituents is 2. The summed E-state index contributed by atoms with van der Waals surface area (Å²) in [4.78, 5) is 11.5. The van der Waals surface area contributed by atoms with Crippen LogP contribution >= 0.6 is 0 Å². The molecule has 0 saturated heterocycles. The van der Waals surface area contributed by atoms with Gasteiger partial charge in [0, 0.05) is 23.6 Å². The van der Waals surface area contributed by atoms with Crippen LogP contribution in [0.3, 0.4) is 0 Å². The Morgan fingerprint density at radius 2 is 2.06 bits per heavy atom. The Hall–Kier alpha value is -1.75. The summed E-state index contributed by atoms with van der Waals surface area (Å²) in [6.07, 6.45) is 2.80. The van der Waals surface area contributed by atoms with Crippen LogP contribution in [0.15, 0.2) is 12.1 Å². The fourth-order valence-electron chi connectivity index (χ4n) is 2.46. The zero-order valence-corrected chi connectivity index (χ0v) is 10.3. The Kier molecular flexibility index (Phi) is 3.17. The van der Waals surface area contributed by atoms with Crippen molar-refractivity contribution in [2.45, 2.75) is 24.7 Å². The molecule has 0 amide bonds. The topological polar surface area (TPSA) is 92.8 Å². The molecule has 5 nitrogen and oxygen atoms in total. The molecule has 0 atom stereocenters. The molecule has 4 N–H and O–H groups in total. The molecule has 0 aliphatic heterocycles. The molecule has 1 saturated carbocycles. The number of benzene rings is 1. The second kappa shape index (κ2) is 4.49. The summed E-state index contributed by atoms with van der Waals surface area (Å²) in [5.41, 5.74) is 6.18. The van der Waals surface area contributed by atoms with E-state index in [0.29, 0.717) is 12.1 Å². The monoisotopic (exact) mass is 251 g/mol. The normalized spacial score (nSPS) is 17.0. The Morgan fingerprint density at radius 3 is 2.50 bits per heavy atom. The average Bonchev–Trinajstić information content (AvgIpc) is 2.30. The van der Waals surface area contributed by atoms with Gasteiger partial charge in [0.15, 0.2) is 0 Å².